The fourth-order valence-electron chi connectivity index (χ4n) is 5.50. The van der Waals surface area contributed by atoms with E-state index >= 15 is 0 Å². The van der Waals surface area contributed by atoms with Crippen molar-refractivity contribution in [2.45, 2.75) is 89.8 Å². The smallest absolute Gasteiger partial charge is 0.408 e. The molecular formula is C24H44N4O3. The Hall–Kier alpha value is -1.34. The standard InChI is InChI=1S/C24H44N4O3/c1-23(2,3)31-22(30)25-24(4,19-9-7-6-8-10-19)21(29)28-17-15-27(16-18-28)20-11-13-26(5)14-12-20/h19-20H,6-18H2,1-5H3,(H,25,30)/t24-/m0/s1. The molecule has 7 heteroatoms. The Kier molecular flexibility index (Phi) is 7.90. The first-order valence-corrected chi connectivity index (χ1v) is 12.3. The maximum absolute atomic E-state index is 13.8. The second-order valence-electron chi connectivity index (χ2n) is 11.0. The van der Waals surface area contributed by atoms with E-state index in [1.165, 1.54) is 19.3 Å². The van der Waals surface area contributed by atoms with E-state index in [0.717, 1.165) is 65.0 Å². The lowest BCUT2D eigenvalue weighted by Gasteiger charge is -2.46. The van der Waals surface area contributed by atoms with Crippen molar-refractivity contribution in [2.75, 3.05) is 46.3 Å². The topological polar surface area (TPSA) is 65.1 Å². The summed E-state index contributed by atoms with van der Waals surface area (Å²) >= 11 is 0. The highest BCUT2D eigenvalue weighted by atomic mass is 16.6. The van der Waals surface area contributed by atoms with Crippen LogP contribution in [0.2, 0.25) is 0 Å². The number of rotatable bonds is 4. The van der Waals surface area contributed by atoms with Crippen LogP contribution in [0.25, 0.3) is 0 Å². The largest absolute Gasteiger partial charge is 0.444 e. The van der Waals surface area contributed by atoms with Gasteiger partial charge in [-0.05, 0) is 79.4 Å². The first-order chi connectivity index (χ1) is 14.6. The first-order valence-electron chi connectivity index (χ1n) is 12.3. The summed E-state index contributed by atoms with van der Waals surface area (Å²) in [5.41, 5.74) is -1.49. The number of carbonyl (C=O) groups is 2. The van der Waals surface area contributed by atoms with Crippen molar-refractivity contribution in [1.82, 2.24) is 20.0 Å². The van der Waals surface area contributed by atoms with Crippen molar-refractivity contribution in [2.24, 2.45) is 5.92 Å². The second kappa shape index (κ2) is 10.1. The van der Waals surface area contributed by atoms with Crippen molar-refractivity contribution >= 4 is 12.0 Å². The highest BCUT2D eigenvalue weighted by Crippen LogP contribution is 2.34. The molecule has 1 aliphatic carbocycles. The number of nitrogens with one attached hydrogen (secondary N) is 1. The SMILES string of the molecule is CN1CCC(N2CCN(C(=O)[C@@](C)(NC(=O)OC(C)(C)C)C3CCCCC3)CC2)CC1. The molecule has 2 heterocycles. The molecule has 0 unspecified atom stereocenters. The van der Waals surface area contributed by atoms with Crippen molar-refractivity contribution in [3.05, 3.63) is 0 Å². The Bertz CT molecular complexity index is 613. The van der Waals surface area contributed by atoms with Crippen molar-refractivity contribution in [3.8, 4) is 0 Å². The zero-order valence-corrected chi connectivity index (χ0v) is 20.4. The third-order valence-corrected chi connectivity index (χ3v) is 7.43. The zero-order valence-electron chi connectivity index (χ0n) is 20.4. The molecule has 2 aliphatic heterocycles. The molecule has 0 radical (unpaired) electrons. The normalized spacial score (nSPS) is 25.1. The number of piperidine rings is 1. The Balaban J connectivity index is 1.64. The predicted octanol–water partition coefficient (Wildman–Crippen LogP) is 3.09. The van der Waals surface area contributed by atoms with E-state index in [1.54, 1.807) is 0 Å². The molecule has 1 atom stereocenters. The van der Waals surface area contributed by atoms with E-state index < -0.39 is 17.2 Å². The van der Waals surface area contributed by atoms with Crippen molar-refractivity contribution in [1.29, 1.82) is 0 Å². The Labute approximate surface area is 188 Å². The molecule has 0 aromatic heterocycles. The van der Waals surface area contributed by atoms with Gasteiger partial charge in [-0.2, -0.15) is 0 Å². The molecule has 31 heavy (non-hydrogen) atoms. The molecule has 0 aromatic carbocycles. The summed E-state index contributed by atoms with van der Waals surface area (Å²) in [6.45, 7) is 13.1. The number of amides is 2. The number of carbonyl (C=O) groups excluding carboxylic acids is 2. The van der Waals surface area contributed by atoms with Crippen LogP contribution in [-0.2, 0) is 9.53 Å². The fourth-order valence-corrected chi connectivity index (χ4v) is 5.50. The Morgan fingerprint density at radius 2 is 1.42 bits per heavy atom. The van der Waals surface area contributed by atoms with Crippen LogP contribution in [0, 0.1) is 5.92 Å². The quantitative estimate of drug-likeness (QED) is 0.734. The van der Waals surface area contributed by atoms with Gasteiger partial charge in [0.2, 0.25) is 5.91 Å². The molecule has 1 saturated carbocycles. The molecule has 2 saturated heterocycles. The summed E-state index contributed by atoms with van der Waals surface area (Å²) in [7, 11) is 2.19. The monoisotopic (exact) mass is 436 g/mol. The van der Waals surface area contributed by atoms with Gasteiger partial charge in [0, 0.05) is 32.2 Å². The third-order valence-electron chi connectivity index (χ3n) is 7.43. The van der Waals surface area contributed by atoms with Crippen LogP contribution in [0.3, 0.4) is 0 Å². The first kappa shape index (κ1) is 24.3. The highest BCUT2D eigenvalue weighted by molar-refractivity contribution is 5.90. The molecular weight excluding hydrogens is 392 g/mol. The average molecular weight is 437 g/mol. The minimum Gasteiger partial charge on any atom is -0.444 e. The van der Waals surface area contributed by atoms with Crippen LogP contribution >= 0.6 is 0 Å². The number of ether oxygens (including phenoxy) is 1. The summed E-state index contributed by atoms with van der Waals surface area (Å²) in [5, 5.41) is 3.02. The summed E-state index contributed by atoms with van der Waals surface area (Å²) in [6, 6.07) is 0.637. The number of likely N-dealkylation sites (tertiary alicyclic amines) is 1. The van der Waals surface area contributed by atoms with Gasteiger partial charge >= 0.3 is 6.09 Å². The minimum absolute atomic E-state index is 0.0632. The molecule has 0 spiro atoms. The summed E-state index contributed by atoms with van der Waals surface area (Å²) in [5.74, 6) is 0.224. The Morgan fingerprint density at radius 1 is 0.839 bits per heavy atom. The van der Waals surface area contributed by atoms with Gasteiger partial charge < -0.3 is 19.9 Å². The van der Waals surface area contributed by atoms with Gasteiger partial charge in [-0.25, -0.2) is 4.79 Å². The molecule has 2 amide bonds. The average Bonchev–Trinajstić information content (AvgIpc) is 2.73. The maximum atomic E-state index is 13.8. The lowest BCUT2D eigenvalue weighted by atomic mass is 9.74. The maximum Gasteiger partial charge on any atom is 0.408 e. The van der Waals surface area contributed by atoms with E-state index in [1.807, 2.05) is 32.6 Å². The summed E-state index contributed by atoms with van der Waals surface area (Å²) in [6.07, 6.45) is 7.35. The summed E-state index contributed by atoms with van der Waals surface area (Å²) < 4.78 is 5.53. The number of nitrogens with zero attached hydrogens (tertiary/aromatic N) is 3. The number of hydrogen-bond donors (Lipinski definition) is 1. The summed E-state index contributed by atoms with van der Waals surface area (Å²) in [4.78, 5) is 33.4. The van der Waals surface area contributed by atoms with Crippen LogP contribution < -0.4 is 5.32 Å². The van der Waals surface area contributed by atoms with E-state index in [0.29, 0.717) is 6.04 Å². The fraction of sp³-hybridized carbons (Fsp3) is 0.917. The van der Waals surface area contributed by atoms with Crippen LogP contribution in [-0.4, -0.2) is 90.2 Å². The molecule has 1 N–H and O–H groups in total. The molecule has 3 aliphatic rings. The van der Waals surface area contributed by atoms with E-state index in [9.17, 15) is 9.59 Å². The predicted molar refractivity (Wildman–Crippen MR) is 123 cm³/mol. The van der Waals surface area contributed by atoms with E-state index in [-0.39, 0.29) is 11.8 Å². The van der Waals surface area contributed by atoms with Gasteiger partial charge in [-0.3, -0.25) is 9.69 Å². The second-order valence-corrected chi connectivity index (χ2v) is 11.0. The van der Waals surface area contributed by atoms with Crippen LogP contribution in [0.1, 0.15) is 72.6 Å². The van der Waals surface area contributed by atoms with E-state index in [4.69, 9.17) is 4.74 Å². The lowest BCUT2D eigenvalue weighted by molar-refractivity contribution is -0.143. The highest BCUT2D eigenvalue weighted by Gasteiger charge is 2.46. The van der Waals surface area contributed by atoms with Crippen LogP contribution in [0.15, 0.2) is 0 Å². The van der Waals surface area contributed by atoms with Gasteiger partial charge in [-0.15, -0.1) is 0 Å². The van der Waals surface area contributed by atoms with Gasteiger partial charge in [0.25, 0.3) is 0 Å². The van der Waals surface area contributed by atoms with E-state index in [2.05, 4.69) is 22.2 Å². The Morgan fingerprint density at radius 3 is 1.97 bits per heavy atom. The molecule has 0 aromatic rings. The van der Waals surface area contributed by atoms with Gasteiger partial charge in [0.05, 0.1) is 0 Å². The number of piperazine rings is 1. The van der Waals surface area contributed by atoms with Crippen molar-refractivity contribution in [3.63, 3.8) is 0 Å². The molecule has 3 rings (SSSR count). The van der Waals surface area contributed by atoms with Gasteiger partial charge in [0.1, 0.15) is 11.1 Å². The minimum atomic E-state index is -0.904. The van der Waals surface area contributed by atoms with Crippen LogP contribution in [0.4, 0.5) is 4.79 Å². The molecule has 3 fully saturated rings. The van der Waals surface area contributed by atoms with Gasteiger partial charge in [-0.1, -0.05) is 19.3 Å². The molecule has 7 nitrogen and oxygen atoms in total. The van der Waals surface area contributed by atoms with Crippen LogP contribution in [0.5, 0.6) is 0 Å². The number of hydrogen-bond acceptors (Lipinski definition) is 5. The molecule has 178 valence electrons. The van der Waals surface area contributed by atoms with Gasteiger partial charge in [0.15, 0.2) is 0 Å². The zero-order chi connectivity index (χ0) is 22.6. The molecule has 0 bridgehead atoms. The number of alkyl carbamates (subject to hydrolysis) is 1. The third kappa shape index (κ3) is 6.35. The lowest BCUT2D eigenvalue weighted by Crippen LogP contribution is -2.65. The van der Waals surface area contributed by atoms with Crippen molar-refractivity contribution < 1.29 is 14.3 Å².